The van der Waals surface area contributed by atoms with Crippen LogP contribution in [0.4, 0.5) is 5.69 Å². The van der Waals surface area contributed by atoms with E-state index in [0.29, 0.717) is 20.7 Å². The Morgan fingerprint density at radius 2 is 1.87 bits per heavy atom. The van der Waals surface area contributed by atoms with Gasteiger partial charge in [0.05, 0.1) is 12.5 Å². The lowest BCUT2D eigenvalue weighted by Gasteiger charge is -2.21. The number of aliphatic carboxylic acids is 1. The van der Waals surface area contributed by atoms with Crippen molar-refractivity contribution in [3.8, 4) is 0 Å². The molecule has 4 nitrogen and oxygen atoms in total. The first kappa shape index (κ1) is 17.5. The number of carboxylic acids is 1. The smallest absolute Gasteiger partial charge is 0.305 e. The van der Waals surface area contributed by atoms with Gasteiger partial charge in [0, 0.05) is 15.7 Å². The summed E-state index contributed by atoms with van der Waals surface area (Å²) in [5.41, 5.74) is 1.43. The Morgan fingerprint density at radius 1 is 1.17 bits per heavy atom. The average molecular weight is 369 g/mol. The molecule has 7 heteroatoms. The van der Waals surface area contributed by atoms with Gasteiger partial charge < -0.3 is 15.7 Å². The van der Waals surface area contributed by atoms with Crippen molar-refractivity contribution in [1.29, 1.82) is 0 Å². The van der Waals surface area contributed by atoms with E-state index in [1.165, 1.54) is 0 Å². The summed E-state index contributed by atoms with van der Waals surface area (Å²) in [6.45, 7) is 0. The lowest BCUT2D eigenvalue weighted by atomic mass is 10.0. The Balaban J connectivity index is 2.15. The van der Waals surface area contributed by atoms with E-state index in [9.17, 15) is 4.79 Å². The summed E-state index contributed by atoms with van der Waals surface area (Å²) < 4.78 is 0. The van der Waals surface area contributed by atoms with Gasteiger partial charge in [0.15, 0.2) is 5.11 Å². The van der Waals surface area contributed by atoms with Crippen LogP contribution in [0.2, 0.25) is 10.0 Å². The van der Waals surface area contributed by atoms with Crippen molar-refractivity contribution in [2.75, 3.05) is 5.32 Å². The fourth-order valence-corrected chi connectivity index (χ4v) is 2.84. The number of carboxylic acid groups (broad SMARTS) is 1. The number of rotatable bonds is 5. The third-order valence-corrected chi connectivity index (χ3v) is 3.84. The zero-order valence-electron chi connectivity index (χ0n) is 11.9. The zero-order chi connectivity index (χ0) is 16.8. The molecule has 1 atom stereocenters. The topological polar surface area (TPSA) is 61.4 Å². The summed E-state index contributed by atoms with van der Waals surface area (Å²) in [6.07, 6.45) is -0.169. The van der Waals surface area contributed by atoms with Gasteiger partial charge in [-0.2, -0.15) is 0 Å². The standard InChI is InChI=1S/C16H14Cl2N2O2S/c17-10-6-7-12(13(18)8-10)14(9-15(21)22)20-16(23)19-11-4-2-1-3-5-11/h1-8,14H,9H2,(H,21,22)(H2,19,20,23)/t14-/m1/s1. The summed E-state index contributed by atoms with van der Waals surface area (Å²) in [6, 6.07) is 13.7. The van der Waals surface area contributed by atoms with Gasteiger partial charge in [-0.05, 0) is 42.0 Å². The van der Waals surface area contributed by atoms with E-state index in [2.05, 4.69) is 10.6 Å². The maximum atomic E-state index is 11.1. The monoisotopic (exact) mass is 368 g/mol. The van der Waals surface area contributed by atoms with Crippen LogP contribution in [-0.4, -0.2) is 16.2 Å². The largest absolute Gasteiger partial charge is 0.481 e. The van der Waals surface area contributed by atoms with Gasteiger partial charge in [0.1, 0.15) is 0 Å². The summed E-state index contributed by atoms with van der Waals surface area (Å²) in [5.74, 6) is -0.962. The number of hydrogen-bond donors (Lipinski definition) is 3. The molecule has 0 unspecified atom stereocenters. The fourth-order valence-electron chi connectivity index (χ4n) is 2.04. The maximum absolute atomic E-state index is 11.1. The molecule has 120 valence electrons. The van der Waals surface area contributed by atoms with Crippen molar-refractivity contribution in [2.45, 2.75) is 12.5 Å². The van der Waals surface area contributed by atoms with E-state index >= 15 is 0 Å². The molecular weight excluding hydrogens is 355 g/mol. The highest BCUT2D eigenvalue weighted by atomic mass is 35.5. The van der Waals surface area contributed by atoms with E-state index in [0.717, 1.165) is 5.69 Å². The highest BCUT2D eigenvalue weighted by Crippen LogP contribution is 2.28. The zero-order valence-corrected chi connectivity index (χ0v) is 14.3. The van der Waals surface area contributed by atoms with Gasteiger partial charge >= 0.3 is 5.97 Å². The molecule has 0 saturated heterocycles. The van der Waals surface area contributed by atoms with Gasteiger partial charge in [-0.25, -0.2) is 0 Å². The van der Waals surface area contributed by atoms with Crippen molar-refractivity contribution in [3.63, 3.8) is 0 Å². The molecule has 0 aromatic heterocycles. The van der Waals surface area contributed by atoms with Crippen LogP contribution in [0.25, 0.3) is 0 Å². The minimum atomic E-state index is -0.962. The van der Waals surface area contributed by atoms with Crippen molar-refractivity contribution < 1.29 is 9.90 Å². The number of benzene rings is 2. The van der Waals surface area contributed by atoms with Crippen molar-refractivity contribution >= 4 is 52.2 Å². The van der Waals surface area contributed by atoms with Crippen LogP contribution in [-0.2, 0) is 4.79 Å². The predicted molar refractivity (Wildman–Crippen MR) is 97.3 cm³/mol. The summed E-state index contributed by atoms with van der Waals surface area (Å²) in [7, 11) is 0. The minimum absolute atomic E-state index is 0.169. The van der Waals surface area contributed by atoms with E-state index in [1.54, 1.807) is 18.2 Å². The molecule has 3 N–H and O–H groups in total. The maximum Gasteiger partial charge on any atom is 0.305 e. The molecule has 2 aromatic carbocycles. The third-order valence-electron chi connectivity index (χ3n) is 3.05. The van der Waals surface area contributed by atoms with E-state index < -0.39 is 12.0 Å². The molecule has 0 amide bonds. The average Bonchev–Trinajstić information content (AvgIpc) is 2.47. The first-order valence-corrected chi connectivity index (χ1v) is 7.91. The molecule has 2 rings (SSSR count). The number of thiocarbonyl (C=S) groups is 1. The van der Waals surface area contributed by atoms with Crippen molar-refractivity contribution in [3.05, 3.63) is 64.1 Å². The van der Waals surface area contributed by atoms with Gasteiger partial charge in [0.25, 0.3) is 0 Å². The number of hydrogen-bond acceptors (Lipinski definition) is 2. The molecule has 0 aliphatic rings. The first-order chi connectivity index (χ1) is 11.0. The molecule has 0 fully saturated rings. The second-order valence-corrected chi connectivity index (χ2v) is 6.03. The number of carbonyl (C=O) groups is 1. The molecule has 0 saturated carbocycles. The number of para-hydroxylation sites is 1. The second-order valence-electron chi connectivity index (χ2n) is 4.78. The predicted octanol–water partition coefficient (Wildman–Crippen LogP) is 4.50. The first-order valence-electron chi connectivity index (χ1n) is 6.75. The quantitative estimate of drug-likeness (QED) is 0.678. The summed E-state index contributed by atoms with van der Waals surface area (Å²) in [5, 5.41) is 16.3. The van der Waals surface area contributed by atoms with Crippen LogP contribution in [0.3, 0.4) is 0 Å². The van der Waals surface area contributed by atoms with E-state index in [1.807, 2.05) is 30.3 Å². The number of halogens is 2. The highest BCUT2D eigenvalue weighted by Gasteiger charge is 2.19. The Labute approximate surface area is 149 Å². The highest BCUT2D eigenvalue weighted by molar-refractivity contribution is 7.80. The van der Waals surface area contributed by atoms with Gasteiger partial charge in [-0.1, -0.05) is 47.5 Å². The second kappa shape index (κ2) is 8.15. The van der Waals surface area contributed by atoms with Crippen LogP contribution >= 0.6 is 35.4 Å². The third kappa shape index (κ3) is 5.39. The van der Waals surface area contributed by atoms with E-state index in [4.69, 9.17) is 40.5 Å². The molecule has 0 heterocycles. The molecule has 2 aromatic rings. The molecule has 0 aliphatic carbocycles. The Kier molecular flexibility index (Phi) is 6.21. The lowest BCUT2D eigenvalue weighted by molar-refractivity contribution is -0.137. The normalized spacial score (nSPS) is 11.6. The fraction of sp³-hybridized carbons (Fsp3) is 0.125. The van der Waals surface area contributed by atoms with Crippen LogP contribution in [0.5, 0.6) is 0 Å². The van der Waals surface area contributed by atoms with Crippen molar-refractivity contribution in [1.82, 2.24) is 5.32 Å². The Bertz CT molecular complexity index is 710. The number of nitrogens with one attached hydrogen (secondary N) is 2. The van der Waals surface area contributed by atoms with Crippen LogP contribution in [0.15, 0.2) is 48.5 Å². The molecule has 0 aliphatic heterocycles. The van der Waals surface area contributed by atoms with Crippen LogP contribution in [0.1, 0.15) is 18.0 Å². The SMILES string of the molecule is O=C(O)C[C@@H](NC(=S)Nc1ccccc1)c1ccc(Cl)cc1Cl. The summed E-state index contributed by atoms with van der Waals surface area (Å²) in [4.78, 5) is 11.1. The molecular formula is C16H14Cl2N2O2S. The Hall–Kier alpha value is -1.82. The van der Waals surface area contributed by atoms with Crippen molar-refractivity contribution in [2.24, 2.45) is 0 Å². The molecule has 0 bridgehead atoms. The van der Waals surface area contributed by atoms with Gasteiger partial charge in [-0.3, -0.25) is 4.79 Å². The lowest BCUT2D eigenvalue weighted by Crippen LogP contribution is -2.33. The van der Waals surface area contributed by atoms with Gasteiger partial charge in [0.2, 0.25) is 0 Å². The molecule has 0 radical (unpaired) electrons. The van der Waals surface area contributed by atoms with E-state index in [-0.39, 0.29) is 6.42 Å². The Morgan fingerprint density at radius 3 is 2.48 bits per heavy atom. The van der Waals surface area contributed by atoms with Gasteiger partial charge in [-0.15, -0.1) is 0 Å². The molecule has 0 spiro atoms. The number of anilines is 1. The minimum Gasteiger partial charge on any atom is -0.481 e. The summed E-state index contributed by atoms with van der Waals surface area (Å²) >= 11 is 17.3. The van der Waals surface area contributed by atoms with Crippen LogP contribution < -0.4 is 10.6 Å². The molecule has 23 heavy (non-hydrogen) atoms. The van der Waals surface area contributed by atoms with Crippen LogP contribution in [0, 0.1) is 0 Å².